The van der Waals surface area contributed by atoms with Crippen LogP contribution in [0.5, 0.6) is 0 Å². The lowest BCUT2D eigenvalue weighted by Gasteiger charge is -2.25. The summed E-state index contributed by atoms with van der Waals surface area (Å²) in [6, 6.07) is 0. The van der Waals surface area contributed by atoms with Crippen molar-refractivity contribution in [2.45, 2.75) is 38.4 Å². The van der Waals surface area contributed by atoms with Gasteiger partial charge in [-0.2, -0.15) is 0 Å². The van der Waals surface area contributed by atoms with Crippen molar-refractivity contribution < 1.29 is 4.74 Å². The lowest BCUT2D eigenvalue weighted by molar-refractivity contribution is -0.0139. The Morgan fingerprint density at radius 1 is 1.56 bits per heavy atom. The summed E-state index contributed by atoms with van der Waals surface area (Å²) in [4.78, 5) is 0. The van der Waals surface area contributed by atoms with Gasteiger partial charge in [-0.1, -0.05) is 6.08 Å². The first-order valence-corrected chi connectivity index (χ1v) is 3.61. The van der Waals surface area contributed by atoms with E-state index in [0.29, 0.717) is 12.2 Å². The van der Waals surface area contributed by atoms with Gasteiger partial charge in [0.25, 0.3) is 0 Å². The summed E-state index contributed by atoms with van der Waals surface area (Å²) >= 11 is 0. The normalized spacial score (nSPS) is 36.1. The molecule has 0 unspecified atom stereocenters. The fourth-order valence-electron chi connectivity index (χ4n) is 1.21. The molecule has 1 heterocycles. The molecule has 0 radical (unpaired) electrons. The van der Waals surface area contributed by atoms with Crippen LogP contribution in [0.25, 0.3) is 0 Å². The summed E-state index contributed by atoms with van der Waals surface area (Å²) in [6.45, 7) is 5.81. The molecule has 9 heavy (non-hydrogen) atoms. The van der Waals surface area contributed by atoms with Crippen LogP contribution in [0.2, 0.25) is 0 Å². The maximum Gasteiger partial charge on any atom is 0.0756 e. The van der Waals surface area contributed by atoms with E-state index in [1.54, 1.807) is 0 Å². The van der Waals surface area contributed by atoms with Crippen molar-refractivity contribution in [2.24, 2.45) is 0 Å². The van der Waals surface area contributed by atoms with Crippen molar-refractivity contribution in [2.75, 3.05) is 0 Å². The molecule has 1 nitrogen and oxygen atoms in total. The molecule has 1 rings (SSSR count). The van der Waals surface area contributed by atoms with Crippen molar-refractivity contribution in [3.63, 3.8) is 0 Å². The van der Waals surface area contributed by atoms with Gasteiger partial charge in [0.05, 0.1) is 12.2 Å². The van der Waals surface area contributed by atoms with Gasteiger partial charge >= 0.3 is 0 Å². The maximum absolute atomic E-state index is 5.52. The first-order chi connectivity index (χ1) is 4.33. The van der Waals surface area contributed by atoms with Crippen LogP contribution in [-0.2, 0) is 4.74 Å². The molecule has 0 bridgehead atoms. The quantitative estimate of drug-likeness (QED) is 0.489. The van der Waals surface area contributed by atoms with Crippen molar-refractivity contribution in [3.8, 4) is 0 Å². The maximum atomic E-state index is 5.52. The Balaban J connectivity index is 2.31. The van der Waals surface area contributed by atoms with Crippen LogP contribution < -0.4 is 0 Å². The zero-order valence-electron chi connectivity index (χ0n) is 5.97. The van der Waals surface area contributed by atoms with Gasteiger partial charge < -0.3 is 4.74 Å². The molecule has 0 aromatic rings. The molecular formula is C8H14O. The molecule has 1 saturated heterocycles. The summed E-state index contributed by atoms with van der Waals surface area (Å²) < 4.78 is 5.52. The van der Waals surface area contributed by atoms with Gasteiger partial charge in [0.15, 0.2) is 0 Å². The second-order valence-corrected chi connectivity index (χ2v) is 2.65. The molecule has 1 heteroatoms. The topological polar surface area (TPSA) is 9.23 Å². The third kappa shape index (κ3) is 1.83. The zero-order valence-corrected chi connectivity index (χ0v) is 5.97. The van der Waals surface area contributed by atoms with Gasteiger partial charge in [-0.05, 0) is 26.2 Å². The van der Waals surface area contributed by atoms with Crippen LogP contribution in [0, 0.1) is 0 Å². The van der Waals surface area contributed by atoms with E-state index in [-0.39, 0.29) is 0 Å². The Morgan fingerprint density at radius 2 is 2.33 bits per heavy atom. The zero-order chi connectivity index (χ0) is 6.69. The molecule has 0 N–H and O–H groups in total. The third-order valence-corrected chi connectivity index (χ3v) is 1.77. The van der Waals surface area contributed by atoms with Crippen LogP contribution in [0.1, 0.15) is 26.2 Å². The molecule has 1 fully saturated rings. The summed E-state index contributed by atoms with van der Waals surface area (Å²) in [6.07, 6.45) is 6.33. The SMILES string of the molecule is C=C[C@H]1CCC[C@H](C)O1. The molecule has 0 saturated carbocycles. The van der Waals surface area contributed by atoms with Gasteiger partial charge in [-0.25, -0.2) is 0 Å². The number of hydrogen-bond donors (Lipinski definition) is 0. The van der Waals surface area contributed by atoms with Crippen molar-refractivity contribution in [1.29, 1.82) is 0 Å². The van der Waals surface area contributed by atoms with Crippen LogP contribution in [0.4, 0.5) is 0 Å². The van der Waals surface area contributed by atoms with E-state index in [2.05, 4.69) is 13.5 Å². The van der Waals surface area contributed by atoms with Crippen LogP contribution in [-0.4, -0.2) is 12.2 Å². The molecule has 0 aromatic carbocycles. The summed E-state index contributed by atoms with van der Waals surface area (Å²) in [7, 11) is 0. The Kier molecular flexibility index (Phi) is 2.29. The minimum atomic E-state index is 0.328. The highest BCUT2D eigenvalue weighted by molar-refractivity contribution is 4.83. The molecular weight excluding hydrogens is 112 g/mol. The van der Waals surface area contributed by atoms with Crippen molar-refractivity contribution in [3.05, 3.63) is 12.7 Å². The molecule has 0 spiro atoms. The predicted molar refractivity (Wildman–Crippen MR) is 38.4 cm³/mol. The second-order valence-electron chi connectivity index (χ2n) is 2.65. The first kappa shape index (κ1) is 6.81. The largest absolute Gasteiger partial charge is 0.371 e. The Bertz CT molecular complexity index is 98.7. The Morgan fingerprint density at radius 3 is 2.78 bits per heavy atom. The Labute approximate surface area is 56.7 Å². The first-order valence-electron chi connectivity index (χ1n) is 3.61. The lowest BCUT2D eigenvalue weighted by Crippen LogP contribution is -2.23. The van der Waals surface area contributed by atoms with E-state index >= 15 is 0 Å². The average molecular weight is 126 g/mol. The molecule has 1 aliphatic heterocycles. The van der Waals surface area contributed by atoms with E-state index in [4.69, 9.17) is 4.74 Å². The second kappa shape index (κ2) is 3.02. The third-order valence-electron chi connectivity index (χ3n) is 1.77. The van der Waals surface area contributed by atoms with Crippen LogP contribution in [0.3, 0.4) is 0 Å². The fraction of sp³-hybridized carbons (Fsp3) is 0.750. The average Bonchev–Trinajstić information content (AvgIpc) is 1.88. The smallest absolute Gasteiger partial charge is 0.0756 e. The van der Waals surface area contributed by atoms with Crippen molar-refractivity contribution >= 4 is 0 Å². The molecule has 1 aliphatic rings. The molecule has 0 aliphatic carbocycles. The van der Waals surface area contributed by atoms with E-state index in [9.17, 15) is 0 Å². The van der Waals surface area contributed by atoms with E-state index in [1.165, 1.54) is 12.8 Å². The van der Waals surface area contributed by atoms with Gasteiger partial charge in [0, 0.05) is 0 Å². The highest BCUT2D eigenvalue weighted by Gasteiger charge is 2.15. The summed E-state index contributed by atoms with van der Waals surface area (Å²) in [5, 5.41) is 0. The van der Waals surface area contributed by atoms with Gasteiger partial charge in [0.2, 0.25) is 0 Å². The van der Waals surface area contributed by atoms with Gasteiger partial charge in [-0.15, -0.1) is 6.58 Å². The number of rotatable bonds is 1. The molecule has 52 valence electrons. The van der Waals surface area contributed by atoms with Gasteiger partial charge in [0.1, 0.15) is 0 Å². The standard InChI is InChI=1S/C8H14O/c1-3-8-6-4-5-7(2)9-8/h3,7-8H,1,4-6H2,2H3/t7-,8-/m0/s1. The molecule has 0 amide bonds. The Hall–Kier alpha value is -0.300. The molecule has 0 aromatic heterocycles. The minimum Gasteiger partial charge on any atom is -0.371 e. The predicted octanol–water partition coefficient (Wildman–Crippen LogP) is 2.13. The summed E-state index contributed by atoms with van der Waals surface area (Å²) in [5.41, 5.74) is 0. The number of hydrogen-bond acceptors (Lipinski definition) is 1. The van der Waals surface area contributed by atoms with Crippen LogP contribution >= 0.6 is 0 Å². The number of ether oxygens (including phenoxy) is 1. The van der Waals surface area contributed by atoms with E-state index in [0.717, 1.165) is 6.42 Å². The monoisotopic (exact) mass is 126 g/mol. The highest BCUT2D eigenvalue weighted by Crippen LogP contribution is 2.18. The van der Waals surface area contributed by atoms with E-state index < -0.39 is 0 Å². The van der Waals surface area contributed by atoms with Crippen LogP contribution in [0.15, 0.2) is 12.7 Å². The van der Waals surface area contributed by atoms with Crippen molar-refractivity contribution in [1.82, 2.24) is 0 Å². The highest BCUT2D eigenvalue weighted by atomic mass is 16.5. The van der Waals surface area contributed by atoms with E-state index in [1.807, 2.05) is 6.08 Å². The lowest BCUT2D eigenvalue weighted by atomic mass is 10.1. The minimum absolute atomic E-state index is 0.328. The van der Waals surface area contributed by atoms with Gasteiger partial charge in [-0.3, -0.25) is 0 Å². The summed E-state index contributed by atoms with van der Waals surface area (Å²) in [5.74, 6) is 0. The fourth-order valence-corrected chi connectivity index (χ4v) is 1.21. The molecule has 2 atom stereocenters.